The second-order valence-electron chi connectivity index (χ2n) is 11.8. The molecule has 3 amide bonds. The van der Waals surface area contributed by atoms with E-state index in [1.807, 2.05) is 60.7 Å². The van der Waals surface area contributed by atoms with E-state index in [2.05, 4.69) is 10.6 Å². The van der Waals surface area contributed by atoms with Gasteiger partial charge in [-0.25, -0.2) is 9.59 Å². The number of thioether (sulfide) groups is 1. The molecule has 2 aliphatic heterocycles. The standard InChI is InChI=1S/C34H34ClN3O7S/c1-34(2,3)45-33(43)37-25(20-14-16-24(39)17-15-20)29(40)36-26-30(41)38-27(23(18-35)19-46-31(26)38)32(42)44-28(21-10-6-4-7-11-21)22-12-8-5-9-13-22/h4-17,25-26,28,31,39H,18-19H2,1-3H3,(H,36,40)(H,37,43)/t25-,26?,31-/m1/s1. The summed E-state index contributed by atoms with van der Waals surface area (Å²) in [6.07, 6.45) is -1.57. The van der Waals surface area contributed by atoms with Gasteiger partial charge in [-0.05, 0) is 55.2 Å². The van der Waals surface area contributed by atoms with Gasteiger partial charge < -0.3 is 25.2 Å². The van der Waals surface area contributed by atoms with Crippen LogP contribution in [-0.2, 0) is 23.9 Å². The molecule has 2 aliphatic rings. The summed E-state index contributed by atoms with van der Waals surface area (Å²) in [5.41, 5.74) is 1.67. The number of phenolic OH excluding ortho intramolecular Hbond substituents is 1. The Labute approximate surface area is 276 Å². The van der Waals surface area contributed by atoms with Crippen molar-refractivity contribution in [2.45, 2.75) is 49.9 Å². The Balaban J connectivity index is 1.36. The Kier molecular flexibility index (Phi) is 9.93. The molecule has 10 nitrogen and oxygen atoms in total. The number of hydrogen-bond donors (Lipinski definition) is 3. The summed E-state index contributed by atoms with van der Waals surface area (Å²) in [7, 11) is 0. The lowest BCUT2D eigenvalue weighted by Gasteiger charge is -2.50. The first kappa shape index (κ1) is 32.9. The van der Waals surface area contributed by atoms with E-state index in [1.165, 1.54) is 40.9 Å². The average molecular weight is 664 g/mol. The van der Waals surface area contributed by atoms with E-state index in [0.717, 1.165) is 11.1 Å². The van der Waals surface area contributed by atoms with Crippen LogP contribution in [0.25, 0.3) is 0 Å². The third-order valence-corrected chi connectivity index (χ3v) is 8.94. The van der Waals surface area contributed by atoms with Crippen LogP contribution in [0, 0.1) is 0 Å². The molecular weight excluding hydrogens is 630 g/mol. The lowest BCUT2D eigenvalue weighted by atomic mass is 10.00. The second-order valence-corrected chi connectivity index (χ2v) is 13.1. The summed E-state index contributed by atoms with van der Waals surface area (Å²) in [6.45, 7) is 5.08. The van der Waals surface area contributed by atoms with Gasteiger partial charge >= 0.3 is 12.1 Å². The molecule has 3 atom stereocenters. The summed E-state index contributed by atoms with van der Waals surface area (Å²) in [6, 6.07) is 22.1. The predicted octanol–water partition coefficient (Wildman–Crippen LogP) is 5.18. The number of carbonyl (C=O) groups is 4. The number of carbonyl (C=O) groups excluding carboxylic acids is 4. The van der Waals surface area contributed by atoms with Crippen LogP contribution in [0.5, 0.6) is 5.75 Å². The van der Waals surface area contributed by atoms with E-state index in [4.69, 9.17) is 21.1 Å². The minimum absolute atomic E-state index is 0.00896. The first-order valence-electron chi connectivity index (χ1n) is 14.6. The van der Waals surface area contributed by atoms with Crippen molar-refractivity contribution < 1.29 is 33.8 Å². The summed E-state index contributed by atoms with van der Waals surface area (Å²) in [4.78, 5) is 55.0. The van der Waals surface area contributed by atoms with Crippen LogP contribution in [0.4, 0.5) is 4.79 Å². The Bertz CT molecular complexity index is 1590. The zero-order chi connectivity index (χ0) is 33.0. The molecule has 1 fully saturated rings. The Morgan fingerprint density at radius 1 is 0.957 bits per heavy atom. The third-order valence-electron chi connectivity index (χ3n) is 7.28. The van der Waals surface area contributed by atoms with Gasteiger partial charge in [-0.1, -0.05) is 72.8 Å². The van der Waals surface area contributed by atoms with E-state index in [9.17, 15) is 24.3 Å². The van der Waals surface area contributed by atoms with E-state index >= 15 is 0 Å². The number of ether oxygens (including phenoxy) is 2. The molecule has 1 saturated heterocycles. The highest BCUT2D eigenvalue weighted by Gasteiger charge is 2.55. The number of β-lactam (4-membered cyclic amide) rings is 1. The number of phenols is 1. The normalized spacial score (nSPS) is 18.3. The van der Waals surface area contributed by atoms with E-state index in [-0.39, 0.29) is 17.3 Å². The number of benzene rings is 3. The number of nitrogens with one attached hydrogen (secondary N) is 2. The van der Waals surface area contributed by atoms with Crippen LogP contribution in [-0.4, -0.2) is 62.5 Å². The van der Waals surface area contributed by atoms with Crippen molar-refractivity contribution in [1.82, 2.24) is 15.5 Å². The van der Waals surface area contributed by atoms with Gasteiger partial charge in [0.25, 0.3) is 5.91 Å². The van der Waals surface area contributed by atoms with Crippen LogP contribution in [0.15, 0.2) is 96.2 Å². The van der Waals surface area contributed by atoms with E-state index < -0.39 is 53.0 Å². The average Bonchev–Trinajstić information content (AvgIpc) is 3.04. The summed E-state index contributed by atoms with van der Waals surface area (Å²) >= 11 is 7.61. The zero-order valence-corrected chi connectivity index (χ0v) is 27.0. The number of amides is 3. The molecular formula is C34H34ClN3O7S. The molecule has 0 spiro atoms. The number of hydrogen-bond acceptors (Lipinski definition) is 8. The molecule has 0 saturated carbocycles. The quantitative estimate of drug-likeness (QED) is 0.162. The molecule has 0 aliphatic carbocycles. The zero-order valence-electron chi connectivity index (χ0n) is 25.4. The van der Waals surface area contributed by atoms with Crippen molar-refractivity contribution in [3.63, 3.8) is 0 Å². The maximum atomic E-state index is 13.8. The van der Waals surface area contributed by atoms with E-state index in [1.54, 1.807) is 20.8 Å². The minimum atomic E-state index is -1.23. The summed E-state index contributed by atoms with van der Waals surface area (Å²) in [5.74, 6) is -1.56. The Morgan fingerprint density at radius 3 is 2.09 bits per heavy atom. The van der Waals surface area contributed by atoms with E-state index in [0.29, 0.717) is 16.9 Å². The summed E-state index contributed by atoms with van der Waals surface area (Å²) < 4.78 is 11.4. The van der Waals surface area contributed by atoms with Crippen LogP contribution < -0.4 is 10.6 Å². The number of esters is 1. The van der Waals surface area contributed by atoms with Crippen molar-refractivity contribution in [3.05, 3.63) is 113 Å². The van der Waals surface area contributed by atoms with Crippen molar-refractivity contribution >= 4 is 47.2 Å². The predicted molar refractivity (Wildman–Crippen MR) is 174 cm³/mol. The highest BCUT2D eigenvalue weighted by Crippen LogP contribution is 2.42. The maximum absolute atomic E-state index is 13.8. The summed E-state index contributed by atoms with van der Waals surface area (Å²) in [5, 5.41) is 14.4. The van der Waals surface area contributed by atoms with Crippen molar-refractivity contribution in [2.75, 3.05) is 11.6 Å². The van der Waals surface area contributed by atoms with Gasteiger partial charge in [-0.15, -0.1) is 23.4 Å². The van der Waals surface area contributed by atoms with Gasteiger partial charge in [0.2, 0.25) is 5.91 Å². The molecule has 3 aromatic rings. The first-order valence-corrected chi connectivity index (χ1v) is 16.2. The Morgan fingerprint density at radius 2 is 1.54 bits per heavy atom. The van der Waals surface area contributed by atoms with Gasteiger partial charge in [0, 0.05) is 11.6 Å². The molecule has 0 aromatic heterocycles. The van der Waals surface area contributed by atoms with Gasteiger partial charge in [-0.2, -0.15) is 0 Å². The van der Waals surface area contributed by atoms with Crippen LogP contribution in [0.3, 0.4) is 0 Å². The van der Waals surface area contributed by atoms with Crippen molar-refractivity contribution in [3.8, 4) is 5.75 Å². The highest BCUT2D eigenvalue weighted by atomic mass is 35.5. The van der Waals surface area contributed by atoms with Crippen LogP contribution in [0.2, 0.25) is 0 Å². The van der Waals surface area contributed by atoms with Crippen molar-refractivity contribution in [1.29, 1.82) is 0 Å². The third kappa shape index (κ3) is 7.32. The molecule has 12 heteroatoms. The molecule has 46 heavy (non-hydrogen) atoms. The molecule has 240 valence electrons. The minimum Gasteiger partial charge on any atom is -0.508 e. The molecule has 0 bridgehead atoms. The first-order chi connectivity index (χ1) is 22.0. The number of alkyl halides is 1. The number of alkyl carbamates (subject to hydrolysis) is 1. The topological polar surface area (TPSA) is 134 Å². The maximum Gasteiger partial charge on any atom is 0.408 e. The van der Waals surface area contributed by atoms with Gasteiger partial charge in [0.05, 0.1) is 0 Å². The highest BCUT2D eigenvalue weighted by molar-refractivity contribution is 8.00. The lowest BCUT2D eigenvalue weighted by molar-refractivity contribution is -0.154. The second kappa shape index (κ2) is 13.9. The van der Waals surface area contributed by atoms with Gasteiger partial charge in [0.15, 0.2) is 6.10 Å². The smallest absolute Gasteiger partial charge is 0.408 e. The fourth-order valence-corrected chi connectivity index (χ4v) is 6.83. The van der Waals surface area contributed by atoms with Gasteiger partial charge in [-0.3, -0.25) is 14.5 Å². The molecule has 2 heterocycles. The molecule has 3 N–H and O–H groups in total. The molecule has 3 aromatic carbocycles. The number of rotatable bonds is 9. The Hall–Kier alpha value is -4.48. The number of nitrogens with zero attached hydrogens (tertiary/aromatic N) is 1. The molecule has 1 unspecified atom stereocenters. The number of fused-ring (bicyclic) bond motifs is 1. The number of aromatic hydroxyl groups is 1. The molecule has 5 rings (SSSR count). The fourth-order valence-electron chi connectivity index (χ4n) is 5.15. The van der Waals surface area contributed by atoms with Crippen molar-refractivity contribution in [2.24, 2.45) is 0 Å². The van der Waals surface area contributed by atoms with Crippen LogP contribution in [0.1, 0.15) is 49.6 Å². The molecule has 0 radical (unpaired) electrons. The monoisotopic (exact) mass is 663 g/mol. The largest absolute Gasteiger partial charge is 0.508 e. The van der Waals surface area contributed by atoms with Crippen LogP contribution >= 0.6 is 23.4 Å². The number of halogens is 1. The fraction of sp³-hybridized carbons (Fsp3) is 0.294. The lowest BCUT2D eigenvalue weighted by Crippen LogP contribution is -2.71. The SMILES string of the molecule is CC(C)(C)OC(=O)N[C@@H](C(=O)NC1C(=O)N2C(C(=O)OC(c3ccccc3)c3ccccc3)=C(CCl)CS[C@H]12)c1ccc(O)cc1. The van der Waals surface area contributed by atoms with Gasteiger partial charge in [0.1, 0.15) is 34.5 Å².